The summed E-state index contributed by atoms with van der Waals surface area (Å²) in [7, 11) is 0. The molecule has 0 unspecified atom stereocenters. The number of hydrogen-bond acceptors (Lipinski definition) is 5. The molecule has 2 aromatic carbocycles. The van der Waals surface area contributed by atoms with Gasteiger partial charge in [0.1, 0.15) is 5.25 Å². The maximum atomic E-state index is 12.1. The topological polar surface area (TPSA) is 69.4 Å². The van der Waals surface area contributed by atoms with Crippen molar-refractivity contribution in [3.05, 3.63) is 74.8 Å². The minimum absolute atomic E-state index is 0.0127. The molecule has 3 rings (SSSR count). The Morgan fingerprint density at radius 2 is 1.92 bits per heavy atom. The molecule has 26 heavy (non-hydrogen) atoms. The van der Waals surface area contributed by atoms with Gasteiger partial charge in [0.05, 0.1) is 18.9 Å². The maximum Gasteiger partial charge on any atom is 0.306 e. The second-order valence-electron chi connectivity index (χ2n) is 6.02. The van der Waals surface area contributed by atoms with Crippen LogP contribution in [0.3, 0.4) is 0 Å². The highest BCUT2D eigenvalue weighted by molar-refractivity contribution is 7.99. The molecule has 0 aromatic heterocycles. The van der Waals surface area contributed by atoms with Crippen molar-refractivity contribution in [1.82, 2.24) is 0 Å². The molecule has 0 saturated heterocycles. The molecule has 7 heteroatoms. The molecule has 3 atom stereocenters. The number of benzene rings is 2. The lowest BCUT2D eigenvalue weighted by Gasteiger charge is -2.33. The van der Waals surface area contributed by atoms with Crippen molar-refractivity contribution in [3.8, 4) is 0 Å². The summed E-state index contributed by atoms with van der Waals surface area (Å²) < 4.78 is 5.06. The van der Waals surface area contributed by atoms with Crippen LogP contribution in [0.5, 0.6) is 0 Å². The molecule has 0 bridgehead atoms. The van der Waals surface area contributed by atoms with Crippen molar-refractivity contribution in [2.75, 3.05) is 6.61 Å². The van der Waals surface area contributed by atoms with Gasteiger partial charge in [0.2, 0.25) is 6.04 Å². The number of thioether (sulfide) groups is 1. The van der Waals surface area contributed by atoms with Crippen LogP contribution in [0.1, 0.15) is 35.6 Å². The second-order valence-corrected chi connectivity index (χ2v) is 7.64. The normalized spacial score (nSPS) is 21.7. The quantitative estimate of drug-likeness (QED) is 0.413. The Labute approximate surface area is 160 Å². The number of esters is 1. The molecule has 0 fully saturated rings. The average Bonchev–Trinajstić information content (AvgIpc) is 2.62. The summed E-state index contributed by atoms with van der Waals surface area (Å²) >= 11 is 7.42. The van der Waals surface area contributed by atoms with Crippen molar-refractivity contribution < 1.29 is 14.5 Å². The lowest BCUT2D eigenvalue weighted by molar-refractivity contribution is -0.527. The molecule has 1 aliphatic heterocycles. The molecular weight excluding hydrogens is 374 g/mol. The van der Waals surface area contributed by atoms with Gasteiger partial charge in [-0.3, -0.25) is 14.9 Å². The Balaban J connectivity index is 2.05. The predicted molar refractivity (Wildman–Crippen MR) is 101 cm³/mol. The Kier molecular flexibility index (Phi) is 5.84. The number of hydrogen-bond donors (Lipinski definition) is 0. The molecule has 0 aliphatic carbocycles. The Morgan fingerprint density at radius 1 is 1.23 bits per heavy atom. The maximum absolute atomic E-state index is 12.1. The minimum Gasteiger partial charge on any atom is -0.466 e. The summed E-state index contributed by atoms with van der Waals surface area (Å²) in [6.07, 6.45) is -0.0127. The molecule has 136 valence electrons. The van der Waals surface area contributed by atoms with Gasteiger partial charge >= 0.3 is 5.97 Å². The van der Waals surface area contributed by atoms with Crippen LogP contribution in [-0.4, -0.2) is 23.5 Å². The Hall–Kier alpha value is -2.05. The Bertz CT molecular complexity index is 811. The number of ether oxygens (including phenoxy) is 1. The second kappa shape index (κ2) is 8.10. The van der Waals surface area contributed by atoms with Crippen LogP contribution >= 0.6 is 23.4 Å². The van der Waals surface area contributed by atoms with E-state index in [2.05, 4.69) is 0 Å². The SMILES string of the molecule is CCOC(=O)C[C@@H]1c2ccccc2S[C@H](c2ccc(Cl)cc2)[C@H]1[N+](=O)[O-]. The number of carbonyl (C=O) groups excluding carboxylic acids is 1. The highest BCUT2D eigenvalue weighted by atomic mass is 35.5. The van der Waals surface area contributed by atoms with Crippen LogP contribution in [-0.2, 0) is 9.53 Å². The zero-order valence-corrected chi connectivity index (χ0v) is 15.7. The number of halogens is 1. The summed E-state index contributed by atoms with van der Waals surface area (Å²) in [5.74, 6) is -0.955. The van der Waals surface area contributed by atoms with E-state index in [1.165, 1.54) is 11.8 Å². The van der Waals surface area contributed by atoms with Crippen molar-refractivity contribution in [3.63, 3.8) is 0 Å². The lowest BCUT2D eigenvalue weighted by Crippen LogP contribution is -2.37. The first kappa shape index (κ1) is 18.7. The molecule has 2 aromatic rings. The van der Waals surface area contributed by atoms with E-state index < -0.39 is 23.2 Å². The van der Waals surface area contributed by atoms with Crippen LogP contribution < -0.4 is 0 Å². The van der Waals surface area contributed by atoms with Crippen LogP contribution in [0.15, 0.2) is 53.4 Å². The lowest BCUT2D eigenvalue weighted by atomic mass is 9.84. The zero-order valence-electron chi connectivity index (χ0n) is 14.1. The minimum atomic E-state index is -0.930. The highest BCUT2D eigenvalue weighted by Gasteiger charge is 2.47. The summed E-state index contributed by atoms with van der Waals surface area (Å²) in [5.41, 5.74) is 1.65. The van der Waals surface area contributed by atoms with E-state index in [0.29, 0.717) is 5.02 Å². The first-order valence-electron chi connectivity index (χ1n) is 8.31. The average molecular weight is 392 g/mol. The molecule has 0 amide bonds. The van der Waals surface area contributed by atoms with Gasteiger partial charge < -0.3 is 4.74 Å². The molecule has 1 heterocycles. The summed E-state index contributed by atoms with van der Waals surface area (Å²) in [5, 5.41) is 12.2. The largest absolute Gasteiger partial charge is 0.466 e. The van der Waals surface area contributed by atoms with Crippen LogP contribution in [0, 0.1) is 10.1 Å². The van der Waals surface area contributed by atoms with Gasteiger partial charge in [0.15, 0.2) is 0 Å². The first-order valence-corrected chi connectivity index (χ1v) is 9.57. The number of nitrogens with zero attached hydrogens (tertiary/aromatic N) is 1. The smallest absolute Gasteiger partial charge is 0.306 e. The van der Waals surface area contributed by atoms with Gasteiger partial charge in [-0.15, -0.1) is 11.8 Å². The van der Waals surface area contributed by atoms with Crippen molar-refractivity contribution in [2.45, 2.75) is 35.4 Å². The summed E-state index contributed by atoms with van der Waals surface area (Å²) in [6.45, 7) is 1.98. The van der Waals surface area contributed by atoms with E-state index >= 15 is 0 Å². The Morgan fingerprint density at radius 3 is 2.58 bits per heavy atom. The summed E-state index contributed by atoms with van der Waals surface area (Å²) in [6, 6.07) is 13.7. The van der Waals surface area contributed by atoms with Crippen molar-refractivity contribution in [1.29, 1.82) is 0 Å². The third kappa shape index (κ3) is 3.86. The van der Waals surface area contributed by atoms with Crippen LogP contribution in [0.25, 0.3) is 0 Å². The monoisotopic (exact) mass is 391 g/mol. The van der Waals surface area contributed by atoms with Crippen LogP contribution in [0.4, 0.5) is 0 Å². The molecule has 5 nitrogen and oxygen atoms in total. The van der Waals surface area contributed by atoms with E-state index in [-0.39, 0.29) is 18.0 Å². The molecule has 0 radical (unpaired) electrons. The number of rotatable bonds is 5. The van der Waals surface area contributed by atoms with Gasteiger partial charge in [-0.1, -0.05) is 41.9 Å². The molecular formula is C19H18ClNO4S. The predicted octanol–water partition coefficient (Wildman–Crippen LogP) is 4.87. The van der Waals surface area contributed by atoms with Gasteiger partial charge in [-0.25, -0.2) is 0 Å². The fourth-order valence-corrected chi connectivity index (χ4v) is 4.93. The standard InChI is InChI=1S/C19H18ClNO4S/c1-2-25-17(22)11-15-14-5-3-4-6-16(14)26-19(18(15)21(23)24)12-7-9-13(20)10-8-12/h3-10,15,18-19H,2,11H2,1H3/t15-,18+,19-/m1/s1. The van der Waals surface area contributed by atoms with Gasteiger partial charge in [0, 0.05) is 14.8 Å². The molecule has 0 saturated carbocycles. The number of carbonyl (C=O) groups is 1. The fourth-order valence-electron chi connectivity index (χ4n) is 3.30. The number of nitro groups is 1. The van der Waals surface area contributed by atoms with Gasteiger partial charge in [-0.05, 0) is 36.2 Å². The van der Waals surface area contributed by atoms with Gasteiger partial charge in [-0.2, -0.15) is 0 Å². The van der Waals surface area contributed by atoms with E-state index in [4.69, 9.17) is 16.3 Å². The molecule has 0 spiro atoms. The van der Waals surface area contributed by atoms with E-state index in [1.54, 1.807) is 19.1 Å². The van der Waals surface area contributed by atoms with E-state index in [1.807, 2.05) is 36.4 Å². The van der Waals surface area contributed by atoms with E-state index in [9.17, 15) is 14.9 Å². The first-order chi connectivity index (χ1) is 12.5. The summed E-state index contributed by atoms with van der Waals surface area (Å²) in [4.78, 5) is 24.8. The fraction of sp³-hybridized carbons (Fsp3) is 0.316. The van der Waals surface area contributed by atoms with Crippen molar-refractivity contribution in [2.24, 2.45) is 0 Å². The highest BCUT2D eigenvalue weighted by Crippen LogP contribution is 2.51. The number of fused-ring (bicyclic) bond motifs is 1. The van der Waals surface area contributed by atoms with Gasteiger partial charge in [0.25, 0.3) is 0 Å². The van der Waals surface area contributed by atoms with Crippen LogP contribution in [0.2, 0.25) is 5.02 Å². The van der Waals surface area contributed by atoms with E-state index in [0.717, 1.165) is 16.0 Å². The zero-order chi connectivity index (χ0) is 18.7. The third-order valence-electron chi connectivity index (χ3n) is 4.43. The van der Waals surface area contributed by atoms with Crippen molar-refractivity contribution >= 4 is 29.3 Å². The molecule has 0 N–H and O–H groups in total. The third-order valence-corrected chi connectivity index (χ3v) is 6.11. The molecule has 1 aliphatic rings.